The lowest BCUT2D eigenvalue weighted by Crippen LogP contribution is -2.33. The van der Waals surface area contributed by atoms with Crippen LogP contribution < -0.4 is 5.56 Å². The summed E-state index contributed by atoms with van der Waals surface area (Å²) >= 11 is 0. The Kier molecular flexibility index (Phi) is 4.73. The van der Waals surface area contributed by atoms with Crippen LogP contribution in [-0.4, -0.2) is 32.4 Å². The molecular weight excluding hydrogens is 354 g/mol. The summed E-state index contributed by atoms with van der Waals surface area (Å²) in [6.45, 7) is 2.51. The van der Waals surface area contributed by atoms with E-state index >= 15 is 0 Å². The third-order valence-corrected chi connectivity index (χ3v) is 5.07. The molecule has 0 aliphatic carbocycles. The van der Waals surface area contributed by atoms with Crippen molar-refractivity contribution >= 4 is 10.9 Å². The fourth-order valence-corrected chi connectivity index (χ4v) is 3.73. The molecule has 1 saturated heterocycles. The van der Waals surface area contributed by atoms with Crippen molar-refractivity contribution in [2.45, 2.75) is 45.3 Å². The number of aromatic nitrogens is 3. The zero-order valence-electron chi connectivity index (χ0n) is 14.9. The Morgan fingerprint density at radius 1 is 1.33 bits per heavy atom. The van der Waals surface area contributed by atoms with E-state index in [9.17, 15) is 13.6 Å². The first-order valence-corrected chi connectivity index (χ1v) is 8.95. The van der Waals surface area contributed by atoms with Gasteiger partial charge < -0.3 is 4.42 Å². The van der Waals surface area contributed by atoms with Crippen LogP contribution in [0, 0.1) is 6.92 Å². The smallest absolute Gasteiger partial charge is 0.261 e. The van der Waals surface area contributed by atoms with Crippen molar-refractivity contribution in [3.63, 3.8) is 0 Å². The van der Waals surface area contributed by atoms with Crippen LogP contribution in [0.1, 0.15) is 36.2 Å². The van der Waals surface area contributed by atoms with Crippen molar-refractivity contribution in [2.75, 3.05) is 6.54 Å². The highest BCUT2D eigenvalue weighted by Gasteiger charge is 2.31. The van der Waals surface area contributed by atoms with Gasteiger partial charge in [-0.15, -0.1) is 0 Å². The number of nitrogens with zero attached hydrogens (tertiary/aromatic N) is 4. The van der Waals surface area contributed by atoms with Gasteiger partial charge in [-0.1, -0.05) is 12.1 Å². The number of hydrogen-bond donors (Lipinski definition) is 0. The molecule has 0 amide bonds. The molecule has 1 atom stereocenters. The molecule has 0 N–H and O–H groups in total. The summed E-state index contributed by atoms with van der Waals surface area (Å²) < 4.78 is 32.8. The maximum Gasteiger partial charge on any atom is 0.261 e. The number of likely N-dealkylation sites (tertiary alicyclic amines) is 1. The molecule has 1 aromatic carbocycles. The van der Waals surface area contributed by atoms with Gasteiger partial charge in [0.25, 0.3) is 12.0 Å². The van der Waals surface area contributed by atoms with Gasteiger partial charge in [0.1, 0.15) is 11.6 Å². The first-order chi connectivity index (χ1) is 13.0. The van der Waals surface area contributed by atoms with Crippen LogP contribution in [0.2, 0.25) is 0 Å². The molecule has 4 rings (SSSR count). The molecule has 1 fully saturated rings. The normalized spacial score (nSPS) is 18.0. The molecule has 3 aromatic rings. The van der Waals surface area contributed by atoms with E-state index in [1.54, 1.807) is 24.3 Å². The summed E-state index contributed by atoms with van der Waals surface area (Å²) in [5.74, 6) is 1.13. The van der Waals surface area contributed by atoms with E-state index in [-0.39, 0.29) is 6.04 Å². The Hall–Kier alpha value is -2.61. The molecule has 1 unspecified atom stereocenters. The topological polar surface area (TPSA) is 64.2 Å². The molecule has 1 aliphatic rings. The molecule has 3 heterocycles. The predicted octanol–water partition coefficient (Wildman–Crippen LogP) is 3.30. The molecule has 6 nitrogen and oxygen atoms in total. The first-order valence-electron chi connectivity index (χ1n) is 8.95. The van der Waals surface area contributed by atoms with Crippen molar-refractivity contribution in [1.82, 2.24) is 19.4 Å². The van der Waals surface area contributed by atoms with Gasteiger partial charge in [0, 0.05) is 6.54 Å². The lowest BCUT2D eigenvalue weighted by Gasteiger charge is -2.26. The third kappa shape index (κ3) is 3.37. The molecule has 0 saturated carbocycles. The maximum absolute atomic E-state index is 13.2. The van der Waals surface area contributed by atoms with Gasteiger partial charge >= 0.3 is 0 Å². The van der Waals surface area contributed by atoms with Gasteiger partial charge in [0.05, 0.1) is 29.2 Å². The zero-order valence-corrected chi connectivity index (χ0v) is 14.9. The summed E-state index contributed by atoms with van der Waals surface area (Å²) in [4.78, 5) is 23.8. The van der Waals surface area contributed by atoms with Crippen molar-refractivity contribution in [2.24, 2.45) is 0 Å². The minimum atomic E-state index is -2.63. The van der Waals surface area contributed by atoms with Crippen molar-refractivity contribution in [1.29, 1.82) is 0 Å². The SMILES string of the molecule is Cc1ocnc1CN1CCCC1c1nc2ccccc2c(=O)n1CC(F)F. The van der Waals surface area contributed by atoms with E-state index < -0.39 is 18.5 Å². The second-order valence-electron chi connectivity index (χ2n) is 6.78. The standard InChI is InChI=1S/C19H20F2N4O2/c1-12-15(22-11-27-12)9-24-8-4-7-16(24)18-23-14-6-3-2-5-13(14)19(26)25(18)10-17(20)21/h2-3,5-6,11,16-17H,4,7-10H2,1H3. The number of benzene rings is 1. The molecule has 8 heteroatoms. The molecule has 0 spiro atoms. The quantitative estimate of drug-likeness (QED) is 0.686. The Bertz CT molecular complexity index is 1010. The summed E-state index contributed by atoms with van der Waals surface area (Å²) in [5.41, 5.74) is 0.929. The number of para-hydroxylation sites is 1. The minimum absolute atomic E-state index is 0.211. The molecular formula is C19H20F2N4O2. The van der Waals surface area contributed by atoms with Gasteiger partial charge in [0.2, 0.25) is 0 Å². The van der Waals surface area contributed by atoms with Crippen molar-refractivity contribution in [3.8, 4) is 0 Å². The molecule has 27 heavy (non-hydrogen) atoms. The van der Waals surface area contributed by atoms with E-state index in [2.05, 4.69) is 14.9 Å². The van der Waals surface area contributed by atoms with Gasteiger partial charge in [-0.25, -0.2) is 18.7 Å². The Labute approximate surface area is 154 Å². The number of fused-ring (bicyclic) bond motifs is 1. The molecule has 1 aliphatic heterocycles. The van der Waals surface area contributed by atoms with Crippen LogP contribution in [0.25, 0.3) is 10.9 Å². The summed E-state index contributed by atoms with van der Waals surface area (Å²) in [5, 5.41) is 0.360. The number of halogens is 2. The highest BCUT2D eigenvalue weighted by atomic mass is 19.3. The van der Waals surface area contributed by atoms with Gasteiger partial charge in [-0.2, -0.15) is 0 Å². The van der Waals surface area contributed by atoms with Crippen LogP contribution in [0.4, 0.5) is 8.78 Å². The first kappa shape index (κ1) is 17.8. The maximum atomic E-state index is 13.2. The highest BCUT2D eigenvalue weighted by Crippen LogP contribution is 2.32. The minimum Gasteiger partial charge on any atom is -0.448 e. The number of aryl methyl sites for hydroxylation is 1. The van der Waals surface area contributed by atoms with Crippen LogP contribution in [0.5, 0.6) is 0 Å². The summed E-state index contributed by atoms with van der Waals surface area (Å²) in [6, 6.07) is 6.67. The second kappa shape index (κ2) is 7.19. The van der Waals surface area contributed by atoms with E-state index in [0.717, 1.165) is 35.4 Å². The van der Waals surface area contributed by atoms with Crippen molar-refractivity contribution < 1.29 is 13.2 Å². The largest absolute Gasteiger partial charge is 0.448 e. The number of alkyl halides is 2. The van der Waals surface area contributed by atoms with Gasteiger partial charge in [0.15, 0.2) is 6.39 Å². The Morgan fingerprint density at radius 2 is 2.15 bits per heavy atom. The molecule has 142 valence electrons. The number of rotatable bonds is 5. The zero-order chi connectivity index (χ0) is 19.0. The molecule has 2 aromatic heterocycles. The predicted molar refractivity (Wildman–Crippen MR) is 95.6 cm³/mol. The average Bonchev–Trinajstić information content (AvgIpc) is 3.27. The number of oxazole rings is 1. The fraction of sp³-hybridized carbons (Fsp3) is 0.421. The van der Waals surface area contributed by atoms with Gasteiger partial charge in [-0.05, 0) is 38.4 Å². The number of hydrogen-bond acceptors (Lipinski definition) is 5. The molecule has 0 bridgehead atoms. The van der Waals surface area contributed by atoms with Crippen LogP contribution >= 0.6 is 0 Å². The van der Waals surface area contributed by atoms with Crippen LogP contribution in [0.15, 0.2) is 39.9 Å². The average molecular weight is 374 g/mol. The molecule has 0 radical (unpaired) electrons. The monoisotopic (exact) mass is 374 g/mol. The lowest BCUT2D eigenvalue weighted by atomic mass is 10.1. The Morgan fingerprint density at radius 3 is 2.89 bits per heavy atom. The summed E-state index contributed by atoms with van der Waals surface area (Å²) in [7, 11) is 0. The van der Waals surface area contributed by atoms with Crippen molar-refractivity contribution in [3.05, 3.63) is 58.3 Å². The lowest BCUT2D eigenvalue weighted by molar-refractivity contribution is 0.120. The summed E-state index contributed by atoms with van der Waals surface area (Å²) in [6.07, 6.45) is 0.428. The van der Waals surface area contributed by atoms with Crippen LogP contribution in [0.3, 0.4) is 0 Å². The van der Waals surface area contributed by atoms with E-state index in [1.807, 2.05) is 6.92 Å². The Balaban J connectivity index is 1.79. The second-order valence-corrected chi connectivity index (χ2v) is 6.78. The fourth-order valence-electron chi connectivity index (χ4n) is 3.73. The van der Waals surface area contributed by atoms with E-state index in [1.165, 1.54) is 6.39 Å². The third-order valence-electron chi connectivity index (χ3n) is 5.07. The van der Waals surface area contributed by atoms with Crippen LogP contribution in [-0.2, 0) is 13.1 Å². The van der Waals surface area contributed by atoms with E-state index in [4.69, 9.17) is 4.42 Å². The highest BCUT2D eigenvalue weighted by molar-refractivity contribution is 5.77. The van der Waals surface area contributed by atoms with Gasteiger partial charge in [-0.3, -0.25) is 14.3 Å². The van der Waals surface area contributed by atoms with E-state index in [0.29, 0.717) is 23.3 Å².